The van der Waals surface area contributed by atoms with Crippen LogP contribution in [0.3, 0.4) is 0 Å². The highest BCUT2D eigenvalue weighted by molar-refractivity contribution is 5.49. The van der Waals surface area contributed by atoms with E-state index in [1.165, 1.54) is 0 Å². The number of ether oxygens (including phenoxy) is 1. The van der Waals surface area contributed by atoms with Gasteiger partial charge in [-0.05, 0) is 39.3 Å². The van der Waals surface area contributed by atoms with E-state index >= 15 is 0 Å². The monoisotopic (exact) mass is 272 g/mol. The summed E-state index contributed by atoms with van der Waals surface area (Å²) in [5, 5.41) is 3.30. The standard InChI is InChI=1S/C15H20N4O/c1-5-8-17-14-10(2)15(19-12(4)18-14)20-13-7-6-9-16-11(13)3/h6-7,9H,5,8H2,1-4H3,(H,17,18,19). The van der Waals surface area contributed by atoms with Crippen LogP contribution in [0.5, 0.6) is 11.6 Å². The van der Waals surface area contributed by atoms with Gasteiger partial charge in [-0.1, -0.05) is 6.92 Å². The number of hydrogen-bond donors (Lipinski definition) is 1. The molecule has 2 rings (SSSR count). The van der Waals surface area contributed by atoms with Crippen LogP contribution >= 0.6 is 0 Å². The first kappa shape index (κ1) is 14.2. The molecule has 0 radical (unpaired) electrons. The van der Waals surface area contributed by atoms with Crippen molar-refractivity contribution in [3.8, 4) is 11.6 Å². The van der Waals surface area contributed by atoms with E-state index in [-0.39, 0.29) is 0 Å². The van der Waals surface area contributed by atoms with Gasteiger partial charge in [-0.25, -0.2) is 4.98 Å². The molecule has 0 spiro atoms. The predicted octanol–water partition coefficient (Wildman–Crippen LogP) is 3.41. The zero-order valence-corrected chi connectivity index (χ0v) is 12.4. The SMILES string of the molecule is CCCNc1nc(C)nc(Oc2cccnc2C)c1C. The highest BCUT2D eigenvalue weighted by Gasteiger charge is 2.12. The highest BCUT2D eigenvalue weighted by atomic mass is 16.5. The fourth-order valence-corrected chi connectivity index (χ4v) is 1.80. The van der Waals surface area contributed by atoms with Gasteiger partial charge in [-0.15, -0.1) is 0 Å². The van der Waals surface area contributed by atoms with Crippen molar-refractivity contribution in [2.24, 2.45) is 0 Å². The third-order valence-electron chi connectivity index (χ3n) is 2.92. The summed E-state index contributed by atoms with van der Waals surface area (Å²) in [6.45, 7) is 8.72. The Kier molecular flexibility index (Phi) is 4.50. The van der Waals surface area contributed by atoms with Crippen LogP contribution in [0.15, 0.2) is 18.3 Å². The van der Waals surface area contributed by atoms with Gasteiger partial charge < -0.3 is 10.1 Å². The summed E-state index contributed by atoms with van der Waals surface area (Å²) in [4.78, 5) is 13.0. The molecule has 0 atom stereocenters. The lowest BCUT2D eigenvalue weighted by atomic mass is 10.3. The van der Waals surface area contributed by atoms with Gasteiger partial charge in [-0.2, -0.15) is 4.98 Å². The van der Waals surface area contributed by atoms with Crippen LogP contribution < -0.4 is 10.1 Å². The second kappa shape index (κ2) is 6.32. The summed E-state index contributed by atoms with van der Waals surface area (Å²) in [6.07, 6.45) is 2.79. The maximum atomic E-state index is 5.89. The third-order valence-corrected chi connectivity index (χ3v) is 2.92. The molecule has 20 heavy (non-hydrogen) atoms. The number of aryl methyl sites for hydroxylation is 2. The Balaban J connectivity index is 2.32. The van der Waals surface area contributed by atoms with Crippen LogP contribution in [-0.2, 0) is 0 Å². The molecule has 0 aliphatic heterocycles. The lowest BCUT2D eigenvalue weighted by molar-refractivity contribution is 0.450. The van der Waals surface area contributed by atoms with Crippen LogP contribution in [0.2, 0.25) is 0 Å². The molecule has 5 nitrogen and oxygen atoms in total. The Morgan fingerprint density at radius 1 is 1.20 bits per heavy atom. The van der Waals surface area contributed by atoms with Gasteiger partial charge in [0.2, 0.25) is 5.88 Å². The Morgan fingerprint density at radius 2 is 2.00 bits per heavy atom. The van der Waals surface area contributed by atoms with E-state index in [9.17, 15) is 0 Å². The fraction of sp³-hybridized carbons (Fsp3) is 0.400. The average Bonchev–Trinajstić information content (AvgIpc) is 2.43. The maximum absolute atomic E-state index is 5.89. The van der Waals surface area contributed by atoms with Crippen LogP contribution in [-0.4, -0.2) is 21.5 Å². The second-order valence-corrected chi connectivity index (χ2v) is 4.67. The summed E-state index contributed by atoms with van der Waals surface area (Å²) in [7, 11) is 0. The van der Waals surface area contributed by atoms with E-state index in [0.29, 0.717) is 11.7 Å². The van der Waals surface area contributed by atoms with Crippen molar-refractivity contribution in [2.45, 2.75) is 34.1 Å². The summed E-state index contributed by atoms with van der Waals surface area (Å²) in [5.41, 5.74) is 1.75. The Hall–Kier alpha value is -2.17. The first-order valence-electron chi connectivity index (χ1n) is 6.80. The average molecular weight is 272 g/mol. The normalized spacial score (nSPS) is 10.4. The van der Waals surface area contributed by atoms with Gasteiger partial charge in [0.1, 0.15) is 11.6 Å². The summed E-state index contributed by atoms with van der Waals surface area (Å²) < 4.78 is 5.89. The number of hydrogen-bond acceptors (Lipinski definition) is 5. The van der Waals surface area contributed by atoms with E-state index in [0.717, 1.165) is 35.8 Å². The number of aromatic nitrogens is 3. The van der Waals surface area contributed by atoms with Crippen molar-refractivity contribution >= 4 is 5.82 Å². The molecule has 106 valence electrons. The molecular weight excluding hydrogens is 252 g/mol. The molecule has 5 heteroatoms. The van der Waals surface area contributed by atoms with Crippen LogP contribution in [0.4, 0.5) is 5.82 Å². The number of nitrogens with zero attached hydrogens (tertiary/aromatic N) is 3. The van der Waals surface area contributed by atoms with Crippen molar-refractivity contribution < 1.29 is 4.74 Å². The lowest BCUT2D eigenvalue weighted by Crippen LogP contribution is -2.07. The largest absolute Gasteiger partial charge is 0.437 e. The number of pyridine rings is 1. The van der Waals surface area contributed by atoms with E-state index in [1.54, 1.807) is 6.20 Å². The molecule has 0 aromatic carbocycles. The predicted molar refractivity (Wildman–Crippen MR) is 79.3 cm³/mol. The third kappa shape index (κ3) is 3.23. The number of rotatable bonds is 5. The van der Waals surface area contributed by atoms with Crippen LogP contribution in [0.25, 0.3) is 0 Å². The van der Waals surface area contributed by atoms with E-state index in [4.69, 9.17) is 4.74 Å². The minimum Gasteiger partial charge on any atom is -0.437 e. The Morgan fingerprint density at radius 3 is 2.70 bits per heavy atom. The minimum atomic E-state index is 0.576. The molecule has 0 aliphatic carbocycles. The summed E-state index contributed by atoms with van der Waals surface area (Å²) in [6, 6.07) is 3.74. The van der Waals surface area contributed by atoms with Gasteiger partial charge in [0.25, 0.3) is 0 Å². The van der Waals surface area contributed by atoms with Crippen LogP contribution in [0.1, 0.15) is 30.4 Å². The summed E-state index contributed by atoms with van der Waals surface area (Å²) >= 11 is 0. The Bertz CT molecular complexity index is 598. The molecular formula is C15H20N4O. The quantitative estimate of drug-likeness (QED) is 0.903. The van der Waals surface area contributed by atoms with Crippen molar-refractivity contribution in [2.75, 3.05) is 11.9 Å². The van der Waals surface area contributed by atoms with E-state index < -0.39 is 0 Å². The molecule has 2 heterocycles. The topological polar surface area (TPSA) is 59.9 Å². The molecule has 0 saturated carbocycles. The molecule has 2 aromatic heterocycles. The van der Waals surface area contributed by atoms with Gasteiger partial charge in [0.05, 0.1) is 11.3 Å². The van der Waals surface area contributed by atoms with Crippen LogP contribution in [0, 0.1) is 20.8 Å². The van der Waals surface area contributed by atoms with Crippen molar-refractivity contribution in [1.82, 2.24) is 15.0 Å². The zero-order chi connectivity index (χ0) is 14.5. The molecule has 1 N–H and O–H groups in total. The first-order chi connectivity index (χ1) is 9.61. The molecule has 0 saturated heterocycles. The van der Waals surface area contributed by atoms with E-state index in [2.05, 4.69) is 27.2 Å². The van der Waals surface area contributed by atoms with Crippen molar-refractivity contribution in [1.29, 1.82) is 0 Å². The zero-order valence-electron chi connectivity index (χ0n) is 12.4. The summed E-state index contributed by atoms with van der Waals surface area (Å²) in [5.74, 6) is 2.81. The first-order valence-corrected chi connectivity index (χ1v) is 6.80. The lowest BCUT2D eigenvalue weighted by Gasteiger charge is -2.13. The van der Waals surface area contributed by atoms with Gasteiger partial charge in [-0.3, -0.25) is 4.98 Å². The molecule has 0 unspecified atom stereocenters. The second-order valence-electron chi connectivity index (χ2n) is 4.67. The molecule has 0 amide bonds. The smallest absolute Gasteiger partial charge is 0.227 e. The molecule has 2 aromatic rings. The maximum Gasteiger partial charge on any atom is 0.227 e. The Labute approximate surface area is 119 Å². The van der Waals surface area contributed by atoms with Gasteiger partial charge in [0, 0.05) is 12.7 Å². The van der Waals surface area contributed by atoms with E-state index in [1.807, 2.05) is 32.9 Å². The fourth-order valence-electron chi connectivity index (χ4n) is 1.80. The number of anilines is 1. The van der Waals surface area contributed by atoms with Gasteiger partial charge in [0.15, 0.2) is 5.75 Å². The van der Waals surface area contributed by atoms with Gasteiger partial charge >= 0.3 is 0 Å². The van der Waals surface area contributed by atoms with Crippen molar-refractivity contribution in [3.63, 3.8) is 0 Å². The molecule has 0 fully saturated rings. The minimum absolute atomic E-state index is 0.576. The number of nitrogens with one attached hydrogen (secondary N) is 1. The highest BCUT2D eigenvalue weighted by Crippen LogP contribution is 2.28. The van der Waals surface area contributed by atoms with Crippen molar-refractivity contribution in [3.05, 3.63) is 35.4 Å². The molecule has 0 bridgehead atoms. The molecule has 0 aliphatic rings.